The van der Waals surface area contributed by atoms with E-state index in [1.165, 1.54) is 6.07 Å². The standard InChI is InChI=1S/C20H22F3NO2/c1-5-19(25)24-17-8-6-7-12(2)15(17)11-26-18-10-14(4)13(3)9-16(18)20(21,22)23/h6-10H,5,11H2,1-4H3,(H,24,25). The van der Waals surface area contributed by atoms with Crippen molar-refractivity contribution in [1.82, 2.24) is 0 Å². The van der Waals surface area contributed by atoms with Crippen molar-refractivity contribution in [2.24, 2.45) is 0 Å². The summed E-state index contributed by atoms with van der Waals surface area (Å²) in [5, 5.41) is 2.76. The molecule has 1 N–H and O–H groups in total. The number of halogens is 3. The van der Waals surface area contributed by atoms with Crippen molar-refractivity contribution in [2.45, 2.75) is 46.9 Å². The summed E-state index contributed by atoms with van der Waals surface area (Å²) in [5.74, 6) is -0.379. The molecule has 3 nitrogen and oxygen atoms in total. The number of carbonyl (C=O) groups is 1. The second-order valence-corrected chi connectivity index (χ2v) is 6.22. The van der Waals surface area contributed by atoms with Crippen LogP contribution in [0.5, 0.6) is 5.75 Å². The Morgan fingerprint density at radius 2 is 1.73 bits per heavy atom. The SMILES string of the molecule is CCC(=O)Nc1cccc(C)c1COc1cc(C)c(C)cc1C(F)(F)F. The third kappa shape index (κ3) is 4.56. The maximum absolute atomic E-state index is 13.3. The monoisotopic (exact) mass is 365 g/mol. The van der Waals surface area contributed by atoms with Crippen LogP contribution >= 0.6 is 0 Å². The van der Waals surface area contributed by atoms with Crippen LogP contribution in [0.25, 0.3) is 0 Å². The van der Waals surface area contributed by atoms with E-state index in [0.29, 0.717) is 23.2 Å². The Bertz CT molecular complexity index is 813. The third-order valence-electron chi connectivity index (χ3n) is 4.28. The molecule has 0 heterocycles. The number of benzene rings is 2. The van der Waals surface area contributed by atoms with Crippen LogP contribution in [-0.2, 0) is 17.6 Å². The van der Waals surface area contributed by atoms with Crippen LogP contribution in [0.15, 0.2) is 30.3 Å². The molecule has 0 fully saturated rings. The first-order chi connectivity index (χ1) is 12.1. The largest absolute Gasteiger partial charge is 0.488 e. The van der Waals surface area contributed by atoms with E-state index in [0.717, 1.165) is 17.2 Å². The molecule has 2 rings (SSSR count). The van der Waals surface area contributed by atoms with Gasteiger partial charge in [0, 0.05) is 17.7 Å². The third-order valence-corrected chi connectivity index (χ3v) is 4.28. The van der Waals surface area contributed by atoms with Gasteiger partial charge in [-0.3, -0.25) is 4.79 Å². The van der Waals surface area contributed by atoms with Crippen LogP contribution in [0, 0.1) is 20.8 Å². The number of rotatable bonds is 5. The second-order valence-electron chi connectivity index (χ2n) is 6.22. The molecule has 0 aromatic heterocycles. The van der Waals surface area contributed by atoms with Gasteiger partial charge in [-0.25, -0.2) is 0 Å². The summed E-state index contributed by atoms with van der Waals surface area (Å²) < 4.78 is 45.5. The highest BCUT2D eigenvalue weighted by Crippen LogP contribution is 2.38. The van der Waals surface area contributed by atoms with Crippen molar-refractivity contribution < 1.29 is 22.7 Å². The minimum Gasteiger partial charge on any atom is -0.488 e. The summed E-state index contributed by atoms with van der Waals surface area (Å²) in [6.07, 6.45) is -4.19. The van der Waals surface area contributed by atoms with E-state index in [-0.39, 0.29) is 18.3 Å². The zero-order valence-electron chi connectivity index (χ0n) is 15.3. The van der Waals surface area contributed by atoms with E-state index >= 15 is 0 Å². The molecule has 26 heavy (non-hydrogen) atoms. The fraction of sp³-hybridized carbons (Fsp3) is 0.350. The zero-order valence-corrected chi connectivity index (χ0v) is 15.3. The molecule has 0 atom stereocenters. The molecule has 0 radical (unpaired) electrons. The van der Waals surface area contributed by atoms with E-state index < -0.39 is 11.7 Å². The van der Waals surface area contributed by atoms with Crippen molar-refractivity contribution in [3.63, 3.8) is 0 Å². The van der Waals surface area contributed by atoms with Crippen molar-refractivity contribution >= 4 is 11.6 Å². The second kappa shape index (κ2) is 7.81. The van der Waals surface area contributed by atoms with Crippen LogP contribution in [0.2, 0.25) is 0 Å². The summed E-state index contributed by atoms with van der Waals surface area (Å²) >= 11 is 0. The highest BCUT2D eigenvalue weighted by Gasteiger charge is 2.35. The number of anilines is 1. The van der Waals surface area contributed by atoms with Crippen LogP contribution in [0.4, 0.5) is 18.9 Å². The Kier molecular flexibility index (Phi) is 5.95. The molecule has 0 bridgehead atoms. The van der Waals surface area contributed by atoms with Crippen molar-refractivity contribution in [3.8, 4) is 5.75 Å². The summed E-state index contributed by atoms with van der Waals surface area (Å²) in [7, 11) is 0. The summed E-state index contributed by atoms with van der Waals surface area (Å²) in [6.45, 7) is 6.85. The zero-order chi connectivity index (χ0) is 19.5. The minimum atomic E-state index is -4.50. The first kappa shape index (κ1) is 19.8. The topological polar surface area (TPSA) is 38.3 Å². The van der Waals surface area contributed by atoms with Gasteiger partial charge in [-0.1, -0.05) is 19.1 Å². The quantitative estimate of drug-likeness (QED) is 0.753. The van der Waals surface area contributed by atoms with Gasteiger partial charge in [0.05, 0.1) is 5.56 Å². The summed E-state index contributed by atoms with van der Waals surface area (Å²) in [6, 6.07) is 7.82. The predicted molar refractivity (Wildman–Crippen MR) is 95.3 cm³/mol. The average molecular weight is 365 g/mol. The molecule has 1 amide bonds. The van der Waals surface area contributed by atoms with E-state index in [1.54, 1.807) is 32.9 Å². The smallest absolute Gasteiger partial charge is 0.419 e. The Balaban J connectivity index is 2.35. The van der Waals surface area contributed by atoms with Gasteiger partial charge in [0.1, 0.15) is 12.4 Å². The van der Waals surface area contributed by atoms with Gasteiger partial charge in [0.15, 0.2) is 0 Å². The molecule has 140 valence electrons. The molecule has 0 aliphatic carbocycles. The number of alkyl halides is 3. The Morgan fingerprint density at radius 3 is 2.35 bits per heavy atom. The number of amides is 1. The number of hydrogen-bond acceptors (Lipinski definition) is 2. The van der Waals surface area contributed by atoms with E-state index in [1.807, 2.05) is 13.0 Å². The van der Waals surface area contributed by atoms with E-state index in [2.05, 4.69) is 5.32 Å². The molecule has 6 heteroatoms. The number of aryl methyl sites for hydroxylation is 3. The highest BCUT2D eigenvalue weighted by atomic mass is 19.4. The van der Waals surface area contributed by atoms with Gasteiger partial charge in [0.25, 0.3) is 0 Å². The predicted octanol–water partition coefficient (Wildman–Crippen LogP) is 5.56. The number of carbonyl (C=O) groups excluding carboxylic acids is 1. The van der Waals surface area contributed by atoms with Gasteiger partial charge in [-0.15, -0.1) is 0 Å². The molecule has 2 aromatic rings. The fourth-order valence-electron chi connectivity index (χ4n) is 2.53. The summed E-state index contributed by atoms with van der Waals surface area (Å²) in [4.78, 5) is 11.7. The lowest BCUT2D eigenvalue weighted by Crippen LogP contribution is -2.14. The number of ether oxygens (including phenoxy) is 1. The molecular weight excluding hydrogens is 343 g/mol. The molecule has 0 spiro atoms. The Morgan fingerprint density at radius 1 is 1.08 bits per heavy atom. The molecule has 0 aliphatic rings. The minimum absolute atomic E-state index is 0.0718. The highest BCUT2D eigenvalue weighted by molar-refractivity contribution is 5.91. The van der Waals surface area contributed by atoms with Crippen LogP contribution < -0.4 is 10.1 Å². The Labute approximate surface area is 151 Å². The molecule has 0 saturated heterocycles. The van der Waals surface area contributed by atoms with Crippen molar-refractivity contribution in [1.29, 1.82) is 0 Å². The van der Waals surface area contributed by atoms with Gasteiger partial charge in [-0.05, 0) is 55.7 Å². The lowest BCUT2D eigenvalue weighted by Gasteiger charge is -2.18. The van der Waals surface area contributed by atoms with Gasteiger partial charge < -0.3 is 10.1 Å². The lowest BCUT2D eigenvalue weighted by molar-refractivity contribution is -0.139. The number of nitrogens with one attached hydrogen (secondary N) is 1. The van der Waals surface area contributed by atoms with Crippen LogP contribution in [0.3, 0.4) is 0 Å². The molecule has 0 saturated carbocycles. The maximum atomic E-state index is 13.3. The average Bonchev–Trinajstić information content (AvgIpc) is 2.56. The van der Waals surface area contributed by atoms with Gasteiger partial charge in [0.2, 0.25) is 5.91 Å². The first-order valence-electron chi connectivity index (χ1n) is 8.33. The molecule has 0 unspecified atom stereocenters. The lowest BCUT2D eigenvalue weighted by atomic mass is 10.0. The number of hydrogen-bond donors (Lipinski definition) is 1. The van der Waals surface area contributed by atoms with Crippen molar-refractivity contribution in [2.75, 3.05) is 5.32 Å². The summed E-state index contributed by atoms with van der Waals surface area (Å²) in [5.41, 5.74) is 2.51. The van der Waals surface area contributed by atoms with Gasteiger partial charge >= 0.3 is 6.18 Å². The van der Waals surface area contributed by atoms with Crippen LogP contribution in [-0.4, -0.2) is 5.91 Å². The molecule has 2 aromatic carbocycles. The van der Waals surface area contributed by atoms with E-state index in [4.69, 9.17) is 4.74 Å². The van der Waals surface area contributed by atoms with Gasteiger partial charge in [-0.2, -0.15) is 13.2 Å². The van der Waals surface area contributed by atoms with Crippen LogP contribution in [0.1, 0.15) is 41.2 Å². The molecule has 0 aliphatic heterocycles. The fourth-order valence-corrected chi connectivity index (χ4v) is 2.53. The normalized spacial score (nSPS) is 11.3. The Hall–Kier alpha value is -2.50. The maximum Gasteiger partial charge on any atom is 0.419 e. The first-order valence-corrected chi connectivity index (χ1v) is 8.33. The molecular formula is C20H22F3NO2. The van der Waals surface area contributed by atoms with E-state index in [9.17, 15) is 18.0 Å². The van der Waals surface area contributed by atoms with Crippen molar-refractivity contribution in [3.05, 3.63) is 58.1 Å².